The number of anilines is 3. The first-order valence-electron chi connectivity index (χ1n) is 21.2. The van der Waals surface area contributed by atoms with E-state index in [0.29, 0.717) is 0 Å². The maximum atomic E-state index is 6.19. The third kappa shape index (κ3) is 4.28. The number of rotatable bonds is 4. The van der Waals surface area contributed by atoms with Gasteiger partial charge in [0.15, 0.2) is 0 Å². The molecule has 14 rings (SSSR count). The van der Waals surface area contributed by atoms with Gasteiger partial charge in [0.05, 0.1) is 38.8 Å². The van der Waals surface area contributed by atoms with Gasteiger partial charge < -0.3 is 18.1 Å². The molecule has 286 valence electrons. The molecule has 13 aromatic rings. The van der Waals surface area contributed by atoms with E-state index in [2.05, 4.69) is 203 Å². The summed E-state index contributed by atoms with van der Waals surface area (Å²) in [5.41, 5.74) is 19.9. The summed E-state index contributed by atoms with van der Waals surface area (Å²) in [7, 11) is 0. The Balaban J connectivity index is 1.06. The van der Waals surface area contributed by atoms with Crippen LogP contribution < -0.4 is 4.90 Å². The SMILES string of the molecule is CC1(C)c2ccccc2-c2ccc(N(c3ccc(-c4ccc5oc6ccccc6c5c4)cc3)c3cccc4c3n3c5ccccc5c5ccc6c7ccccc7n4c6c53)cc21. The fraction of sp³-hybridized carbons (Fsp3) is 0.0526. The Morgan fingerprint density at radius 1 is 0.393 bits per heavy atom. The van der Waals surface area contributed by atoms with E-state index >= 15 is 0 Å². The Kier molecular flexibility index (Phi) is 6.33. The van der Waals surface area contributed by atoms with Crippen LogP contribution >= 0.6 is 0 Å². The van der Waals surface area contributed by atoms with Gasteiger partial charge in [0.1, 0.15) is 11.2 Å². The normalized spacial score (nSPS) is 13.5. The van der Waals surface area contributed by atoms with Crippen molar-refractivity contribution in [3.63, 3.8) is 0 Å². The number of furan rings is 1. The van der Waals surface area contributed by atoms with Gasteiger partial charge in [0.2, 0.25) is 0 Å². The molecule has 0 N–H and O–H groups in total. The number of aromatic nitrogens is 2. The van der Waals surface area contributed by atoms with E-state index in [1.807, 2.05) is 12.1 Å². The Morgan fingerprint density at radius 2 is 1.00 bits per heavy atom. The van der Waals surface area contributed by atoms with Crippen molar-refractivity contribution in [1.82, 2.24) is 8.80 Å². The van der Waals surface area contributed by atoms with Gasteiger partial charge in [-0.25, -0.2) is 0 Å². The molecule has 1 aliphatic rings. The monoisotopic (exact) mass is 779 g/mol. The number of fused-ring (bicyclic) bond motifs is 15. The topological polar surface area (TPSA) is 25.2 Å². The van der Waals surface area contributed by atoms with Gasteiger partial charge in [0.25, 0.3) is 0 Å². The minimum atomic E-state index is -0.152. The van der Waals surface area contributed by atoms with E-state index in [0.717, 1.165) is 50.1 Å². The molecule has 0 spiro atoms. The Morgan fingerprint density at radius 3 is 1.80 bits per heavy atom. The number of nitrogens with zero attached hydrogens (tertiary/aromatic N) is 3. The molecule has 0 fully saturated rings. The van der Waals surface area contributed by atoms with Gasteiger partial charge in [-0.3, -0.25) is 0 Å². The van der Waals surface area contributed by atoms with Crippen LogP contribution in [0.5, 0.6) is 0 Å². The zero-order valence-corrected chi connectivity index (χ0v) is 33.6. The molecular formula is C57H37N3O. The molecule has 0 atom stereocenters. The lowest BCUT2D eigenvalue weighted by molar-refractivity contribution is 0.660. The lowest BCUT2D eigenvalue weighted by Gasteiger charge is -2.29. The van der Waals surface area contributed by atoms with E-state index in [4.69, 9.17) is 4.42 Å². The van der Waals surface area contributed by atoms with Crippen LogP contribution in [0.15, 0.2) is 192 Å². The molecule has 0 amide bonds. The van der Waals surface area contributed by atoms with Crippen molar-refractivity contribution < 1.29 is 4.42 Å². The highest BCUT2D eigenvalue weighted by molar-refractivity contribution is 6.26. The highest BCUT2D eigenvalue weighted by Crippen LogP contribution is 2.52. The average molecular weight is 780 g/mol. The minimum absolute atomic E-state index is 0.152. The molecule has 61 heavy (non-hydrogen) atoms. The molecule has 0 bridgehead atoms. The first-order chi connectivity index (χ1) is 30.0. The van der Waals surface area contributed by atoms with Gasteiger partial charge in [-0.05, 0) is 100 Å². The zero-order chi connectivity index (χ0) is 40.1. The fourth-order valence-corrected chi connectivity index (χ4v) is 11.1. The van der Waals surface area contributed by atoms with Crippen molar-refractivity contribution in [3.8, 4) is 22.3 Å². The van der Waals surface area contributed by atoms with Crippen LogP contribution in [0.1, 0.15) is 25.0 Å². The summed E-state index contributed by atoms with van der Waals surface area (Å²) in [6.07, 6.45) is 0. The van der Waals surface area contributed by atoms with Crippen LogP contribution in [0, 0.1) is 0 Å². The average Bonchev–Trinajstić information content (AvgIpc) is 4.02. The van der Waals surface area contributed by atoms with Crippen LogP contribution in [-0.2, 0) is 5.41 Å². The Bertz CT molecular complexity index is 3970. The van der Waals surface area contributed by atoms with Crippen molar-refractivity contribution in [1.29, 1.82) is 0 Å². The standard InChI is InChI=1S/C57H37N3O/c1-57(2)46-16-7-3-12-38(46)39-28-27-37(33-47(39)57)58(36-25-22-34(23-26-36)35-24-31-53-45(32-35)42-15-6-10-21-52(42)61-53)50-19-11-20-51-56(50)60-49-18-9-5-14-41(49)44-30-29-43-40-13-4-8-17-48(40)59(51)54(43)55(44)60/h3-33H,1-2H3. The number of hydrogen-bond donors (Lipinski definition) is 0. The lowest BCUT2D eigenvalue weighted by atomic mass is 9.82. The van der Waals surface area contributed by atoms with Crippen LogP contribution in [0.3, 0.4) is 0 Å². The lowest BCUT2D eigenvalue weighted by Crippen LogP contribution is -2.17. The summed E-state index contributed by atoms with van der Waals surface area (Å²) in [6, 6.07) is 69.3. The molecule has 0 saturated heterocycles. The molecule has 0 radical (unpaired) electrons. The second-order valence-corrected chi connectivity index (χ2v) is 17.3. The predicted molar refractivity (Wildman–Crippen MR) is 255 cm³/mol. The van der Waals surface area contributed by atoms with Crippen molar-refractivity contribution in [2.45, 2.75) is 19.3 Å². The fourth-order valence-electron chi connectivity index (χ4n) is 11.1. The molecule has 0 aliphatic heterocycles. The second-order valence-electron chi connectivity index (χ2n) is 17.3. The third-order valence-corrected chi connectivity index (χ3v) is 13.8. The summed E-state index contributed by atoms with van der Waals surface area (Å²) in [4.78, 5) is 2.49. The largest absolute Gasteiger partial charge is 0.456 e. The first-order valence-corrected chi connectivity index (χ1v) is 21.2. The maximum Gasteiger partial charge on any atom is 0.135 e. The van der Waals surface area contributed by atoms with Crippen LogP contribution in [0.4, 0.5) is 17.1 Å². The number of para-hydroxylation sites is 4. The van der Waals surface area contributed by atoms with E-state index in [1.54, 1.807) is 0 Å². The Hall–Kier alpha value is -7.82. The van der Waals surface area contributed by atoms with Crippen molar-refractivity contribution in [2.75, 3.05) is 4.90 Å². The molecule has 4 aromatic heterocycles. The molecule has 9 aromatic carbocycles. The van der Waals surface area contributed by atoms with E-state index < -0.39 is 0 Å². The van der Waals surface area contributed by atoms with Crippen molar-refractivity contribution in [3.05, 3.63) is 199 Å². The van der Waals surface area contributed by atoms with Gasteiger partial charge >= 0.3 is 0 Å². The highest BCUT2D eigenvalue weighted by Gasteiger charge is 2.36. The van der Waals surface area contributed by atoms with Crippen molar-refractivity contribution in [2.24, 2.45) is 0 Å². The summed E-state index contributed by atoms with van der Waals surface area (Å²) in [5.74, 6) is 0. The Labute approximate surface area is 351 Å². The number of hydrogen-bond acceptors (Lipinski definition) is 2. The number of benzene rings is 9. The maximum absolute atomic E-state index is 6.19. The summed E-state index contributed by atoms with van der Waals surface area (Å²) in [5, 5.41) is 7.34. The van der Waals surface area contributed by atoms with Crippen molar-refractivity contribution >= 4 is 93.6 Å². The zero-order valence-electron chi connectivity index (χ0n) is 33.6. The molecular weight excluding hydrogens is 743 g/mol. The van der Waals surface area contributed by atoms with E-state index in [9.17, 15) is 0 Å². The molecule has 4 heterocycles. The first kappa shape index (κ1) is 33.1. The third-order valence-electron chi connectivity index (χ3n) is 13.8. The molecule has 4 nitrogen and oxygen atoms in total. The molecule has 0 unspecified atom stereocenters. The van der Waals surface area contributed by atoms with Crippen LogP contribution in [0.25, 0.3) is 98.8 Å². The van der Waals surface area contributed by atoms with Crippen LogP contribution in [-0.4, -0.2) is 8.80 Å². The molecule has 1 aliphatic carbocycles. The summed E-state index contributed by atoms with van der Waals surface area (Å²) < 4.78 is 11.3. The van der Waals surface area contributed by atoms with Gasteiger partial charge in [0, 0.05) is 49.1 Å². The summed E-state index contributed by atoms with van der Waals surface area (Å²) >= 11 is 0. The molecule has 0 saturated carbocycles. The van der Waals surface area contributed by atoms with Crippen LogP contribution in [0.2, 0.25) is 0 Å². The predicted octanol–water partition coefficient (Wildman–Crippen LogP) is 15.6. The highest BCUT2D eigenvalue weighted by atomic mass is 16.3. The van der Waals surface area contributed by atoms with Gasteiger partial charge in [-0.1, -0.05) is 135 Å². The van der Waals surface area contributed by atoms with Gasteiger partial charge in [-0.2, -0.15) is 0 Å². The summed E-state index contributed by atoms with van der Waals surface area (Å²) in [6.45, 7) is 4.74. The smallest absolute Gasteiger partial charge is 0.135 e. The quantitative estimate of drug-likeness (QED) is 0.166. The minimum Gasteiger partial charge on any atom is -0.456 e. The van der Waals surface area contributed by atoms with Gasteiger partial charge in [-0.15, -0.1) is 0 Å². The molecule has 4 heteroatoms. The second kappa shape index (κ2) is 11.7. The van der Waals surface area contributed by atoms with E-state index in [-0.39, 0.29) is 5.41 Å². The van der Waals surface area contributed by atoms with E-state index in [1.165, 1.54) is 76.9 Å².